The quantitative estimate of drug-likeness (QED) is 0.596. The number of carbonyl (C=O) groups excluding carboxylic acids is 2. The molecule has 0 aliphatic rings. The molecule has 0 aromatic heterocycles. The molecule has 0 heterocycles. The van der Waals surface area contributed by atoms with Crippen LogP contribution in [0.4, 0.5) is 0 Å². The van der Waals surface area contributed by atoms with Crippen molar-refractivity contribution in [2.75, 3.05) is 13.2 Å². The molecule has 0 saturated heterocycles. The van der Waals surface area contributed by atoms with E-state index in [0.717, 1.165) is 0 Å². The summed E-state index contributed by atoms with van der Waals surface area (Å²) < 4.78 is 9.79. The summed E-state index contributed by atoms with van der Waals surface area (Å²) in [5.74, 6) is -2.34. The van der Waals surface area contributed by atoms with Crippen molar-refractivity contribution in [3.63, 3.8) is 0 Å². The summed E-state index contributed by atoms with van der Waals surface area (Å²) in [6, 6.07) is 6.65. The number of benzene rings is 1. The Morgan fingerprint density at radius 1 is 1.24 bits per heavy atom. The monoisotopic (exact) mass is 309 g/mol. The highest BCUT2D eigenvalue weighted by Gasteiger charge is 2.30. The zero-order valence-electron chi connectivity index (χ0n) is 11.9. The first-order valence-electron chi connectivity index (χ1n) is 6.55. The van der Waals surface area contributed by atoms with E-state index >= 15 is 0 Å². The second-order valence-electron chi connectivity index (χ2n) is 4.18. The number of esters is 2. The van der Waals surface area contributed by atoms with E-state index in [1.165, 1.54) is 6.07 Å². The molecular weight excluding hydrogens is 294 g/mol. The van der Waals surface area contributed by atoms with Crippen molar-refractivity contribution < 1.29 is 19.1 Å². The molecule has 1 aromatic rings. The minimum absolute atomic E-state index is 0.0716. The number of nitriles is 1. The van der Waals surface area contributed by atoms with Crippen molar-refractivity contribution in [1.29, 1.82) is 5.26 Å². The molecule has 0 spiro atoms. The van der Waals surface area contributed by atoms with Gasteiger partial charge >= 0.3 is 11.9 Å². The van der Waals surface area contributed by atoms with E-state index in [-0.39, 0.29) is 19.6 Å². The molecule has 0 bridgehead atoms. The third-order valence-electron chi connectivity index (χ3n) is 2.75. The largest absolute Gasteiger partial charge is 0.465 e. The lowest BCUT2D eigenvalue weighted by Gasteiger charge is -2.15. The number of hydrogen-bond acceptors (Lipinski definition) is 5. The van der Waals surface area contributed by atoms with Gasteiger partial charge in [-0.2, -0.15) is 5.26 Å². The Hall–Kier alpha value is -2.06. The van der Waals surface area contributed by atoms with Crippen molar-refractivity contribution in [2.24, 2.45) is 5.92 Å². The lowest BCUT2D eigenvalue weighted by atomic mass is 9.98. The third kappa shape index (κ3) is 4.76. The van der Waals surface area contributed by atoms with E-state index < -0.39 is 17.9 Å². The van der Waals surface area contributed by atoms with Crippen LogP contribution in [-0.2, 0) is 25.5 Å². The first kappa shape index (κ1) is 17.0. The molecule has 6 heteroatoms. The predicted molar refractivity (Wildman–Crippen MR) is 76.6 cm³/mol. The molecule has 0 unspecified atom stereocenters. The Kier molecular flexibility index (Phi) is 6.70. The summed E-state index contributed by atoms with van der Waals surface area (Å²) in [5.41, 5.74) is 0.995. The molecule has 21 heavy (non-hydrogen) atoms. The summed E-state index contributed by atoms with van der Waals surface area (Å²) in [6.45, 7) is 3.68. The average Bonchev–Trinajstić information content (AvgIpc) is 2.46. The van der Waals surface area contributed by atoms with Gasteiger partial charge in [0, 0.05) is 5.02 Å². The Labute approximate surface area is 128 Å². The van der Waals surface area contributed by atoms with Crippen LogP contribution in [0.5, 0.6) is 0 Å². The van der Waals surface area contributed by atoms with Gasteiger partial charge in [-0.1, -0.05) is 17.7 Å². The molecule has 0 aliphatic heterocycles. The predicted octanol–water partition coefficient (Wildman–Crippen LogP) is 2.50. The Bertz CT molecular complexity index is 547. The summed E-state index contributed by atoms with van der Waals surface area (Å²) in [5, 5.41) is 9.12. The van der Waals surface area contributed by atoms with E-state index in [0.29, 0.717) is 16.1 Å². The van der Waals surface area contributed by atoms with Crippen molar-refractivity contribution in [2.45, 2.75) is 20.3 Å². The van der Waals surface area contributed by atoms with Crippen molar-refractivity contribution >= 4 is 23.5 Å². The van der Waals surface area contributed by atoms with Crippen molar-refractivity contribution in [1.82, 2.24) is 0 Å². The molecule has 5 nitrogen and oxygen atoms in total. The SMILES string of the molecule is CCOC(=O)C(Cc1ccc(C#N)cc1Cl)C(=O)OCC. The fourth-order valence-corrected chi connectivity index (χ4v) is 2.01. The lowest BCUT2D eigenvalue weighted by molar-refractivity contribution is -0.161. The topological polar surface area (TPSA) is 76.4 Å². The van der Waals surface area contributed by atoms with Crippen LogP contribution >= 0.6 is 11.6 Å². The van der Waals surface area contributed by atoms with Crippen molar-refractivity contribution in [3.05, 3.63) is 34.3 Å². The van der Waals surface area contributed by atoms with E-state index in [2.05, 4.69) is 0 Å². The standard InChI is InChI=1S/C15H16ClNO4/c1-3-20-14(18)12(15(19)21-4-2)8-11-6-5-10(9-17)7-13(11)16/h5-7,12H,3-4,8H2,1-2H3. The Balaban J connectivity index is 2.98. The fourth-order valence-electron chi connectivity index (χ4n) is 1.75. The minimum Gasteiger partial charge on any atom is -0.465 e. The van der Waals surface area contributed by atoms with E-state index in [9.17, 15) is 9.59 Å². The normalized spacial score (nSPS) is 10.0. The van der Waals surface area contributed by atoms with Crippen LogP contribution in [0.15, 0.2) is 18.2 Å². The van der Waals surface area contributed by atoms with Gasteiger partial charge in [0.2, 0.25) is 0 Å². The van der Waals surface area contributed by atoms with Gasteiger partial charge < -0.3 is 9.47 Å². The zero-order valence-corrected chi connectivity index (χ0v) is 12.6. The van der Waals surface area contributed by atoms with Crippen LogP contribution in [0, 0.1) is 17.2 Å². The molecule has 0 saturated carbocycles. The molecular formula is C15H16ClNO4. The molecule has 1 rings (SSSR count). The number of carbonyl (C=O) groups is 2. The smallest absolute Gasteiger partial charge is 0.320 e. The van der Waals surface area contributed by atoms with Crippen LogP contribution in [0.25, 0.3) is 0 Å². The lowest BCUT2D eigenvalue weighted by Crippen LogP contribution is -2.30. The van der Waals surface area contributed by atoms with Gasteiger partial charge in [0.25, 0.3) is 0 Å². The fraction of sp³-hybridized carbons (Fsp3) is 0.400. The summed E-state index contributed by atoms with van der Waals surface area (Å²) in [4.78, 5) is 23.8. The molecule has 0 aliphatic carbocycles. The third-order valence-corrected chi connectivity index (χ3v) is 3.10. The number of hydrogen-bond donors (Lipinski definition) is 0. The van der Waals surface area contributed by atoms with Gasteiger partial charge in [0.15, 0.2) is 5.92 Å². The van der Waals surface area contributed by atoms with Crippen LogP contribution in [0.2, 0.25) is 5.02 Å². The van der Waals surface area contributed by atoms with E-state index in [4.69, 9.17) is 26.3 Å². The second kappa shape index (κ2) is 8.28. The maximum Gasteiger partial charge on any atom is 0.320 e. The minimum atomic E-state index is -1.06. The van der Waals surface area contributed by atoms with Gasteiger partial charge in [0.1, 0.15) is 0 Å². The first-order valence-corrected chi connectivity index (χ1v) is 6.93. The van der Waals surface area contributed by atoms with Crippen LogP contribution in [0.1, 0.15) is 25.0 Å². The van der Waals surface area contributed by atoms with Crippen LogP contribution < -0.4 is 0 Å². The molecule has 0 fully saturated rings. The Morgan fingerprint density at radius 2 is 1.81 bits per heavy atom. The van der Waals surface area contributed by atoms with Gasteiger partial charge in [-0.25, -0.2) is 0 Å². The molecule has 1 aromatic carbocycles. The Morgan fingerprint density at radius 3 is 2.24 bits per heavy atom. The molecule has 0 radical (unpaired) electrons. The highest BCUT2D eigenvalue weighted by molar-refractivity contribution is 6.31. The number of ether oxygens (including phenoxy) is 2. The molecule has 0 atom stereocenters. The summed E-state index contributed by atoms with van der Waals surface area (Å²) in [6.07, 6.45) is 0.0716. The molecule has 0 N–H and O–H groups in total. The highest BCUT2D eigenvalue weighted by Crippen LogP contribution is 2.22. The number of nitrogens with zero attached hydrogens (tertiary/aromatic N) is 1. The van der Waals surface area contributed by atoms with Gasteiger partial charge in [0.05, 0.1) is 24.8 Å². The van der Waals surface area contributed by atoms with Crippen molar-refractivity contribution in [3.8, 4) is 6.07 Å². The van der Waals surface area contributed by atoms with E-state index in [1.807, 2.05) is 6.07 Å². The molecule has 0 amide bonds. The maximum atomic E-state index is 11.9. The van der Waals surface area contributed by atoms with Gasteiger partial charge in [-0.3, -0.25) is 9.59 Å². The highest BCUT2D eigenvalue weighted by atomic mass is 35.5. The van der Waals surface area contributed by atoms with E-state index in [1.54, 1.807) is 26.0 Å². The summed E-state index contributed by atoms with van der Waals surface area (Å²) in [7, 11) is 0. The van der Waals surface area contributed by atoms with Crippen LogP contribution in [0.3, 0.4) is 0 Å². The number of halogens is 1. The van der Waals surface area contributed by atoms with Gasteiger partial charge in [-0.05, 0) is 38.0 Å². The maximum absolute atomic E-state index is 11.9. The zero-order chi connectivity index (χ0) is 15.8. The van der Waals surface area contributed by atoms with Gasteiger partial charge in [-0.15, -0.1) is 0 Å². The first-order chi connectivity index (χ1) is 10.0. The van der Waals surface area contributed by atoms with Crippen LogP contribution in [-0.4, -0.2) is 25.2 Å². The average molecular weight is 310 g/mol. The number of rotatable bonds is 6. The summed E-state index contributed by atoms with van der Waals surface area (Å²) >= 11 is 6.06. The molecule has 112 valence electrons. The second-order valence-corrected chi connectivity index (χ2v) is 4.59.